The van der Waals surface area contributed by atoms with Crippen LogP contribution < -0.4 is 5.43 Å². The highest BCUT2D eigenvalue weighted by Gasteiger charge is 2.09. The van der Waals surface area contributed by atoms with Crippen LogP contribution in [0.25, 0.3) is 0 Å². The third-order valence-electron chi connectivity index (χ3n) is 1.27. The number of rotatable bonds is 1. The minimum atomic E-state index is -0.181. The van der Waals surface area contributed by atoms with Gasteiger partial charge < -0.3 is 0 Å². The smallest absolute Gasteiger partial charge is 0.241 e. The van der Waals surface area contributed by atoms with Gasteiger partial charge in [0.05, 0.1) is 0 Å². The Balaban J connectivity index is 3.85. The SMILES string of the molecule is CC(=O)N(C)NC(=O)C(C)C. The van der Waals surface area contributed by atoms with Crippen molar-refractivity contribution in [1.29, 1.82) is 0 Å². The molecular weight excluding hydrogens is 144 g/mol. The van der Waals surface area contributed by atoms with Crippen LogP contribution >= 0.6 is 0 Å². The maximum Gasteiger partial charge on any atom is 0.241 e. The van der Waals surface area contributed by atoms with E-state index in [4.69, 9.17) is 0 Å². The molecule has 4 nitrogen and oxygen atoms in total. The summed E-state index contributed by atoms with van der Waals surface area (Å²) in [5.41, 5.74) is 2.42. The first kappa shape index (κ1) is 9.94. The highest BCUT2D eigenvalue weighted by molar-refractivity contribution is 5.81. The number of nitrogens with zero attached hydrogens (tertiary/aromatic N) is 1. The zero-order valence-electron chi connectivity index (χ0n) is 7.34. The van der Waals surface area contributed by atoms with Crippen LogP contribution in [-0.4, -0.2) is 23.9 Å². The van der Waals surface area contributed by atoms with Gasteiger partial charge in [-0.25, -0.2) is 0 Å². The molecule has 0 spiro atoms. The van der Waals surface area contributed by atoms with Gasteiger partial charge in [0.25, 0.3) is 0 Å². The van der Waals surface area contributed by atoms with Crippen LogP contribution in [0.3, 0.4) is 0 Å². The number of amides is 2. The summed E-state index contributed by atoms with van der Waals surface area (Å²) in [5, 5.41) is 1.17. The zero-order chi connectivity index (χ0) is 9.02. The number of hydrogen-bond acceptors (Lipinski definition) is 2. The second-order valence-electron chi connectivity index (χ2n) is 2.71. The second kappa shape index (κ2) is 3.95. The first-order chi connectivity index (χ1) is 4.95. The number of hydrazine groups is 1. The Morgan fingerprint density at radius 2 is 1.82 bits per heavy atom. The Morgan fingerprint density at radius 3 is 2.09 bits per heavy atom. The van der Waals surface area contributed by atoms with Gasteiger partial charge in [0, 0.05) is 19.9 Å². The lowest BCUT2D eigenvalue weighted by Crippen LogP contribution is -2.43. The Hall–Kier alpha value is -1.06. The van der Waals surface area contributed by atoms with Gasteiger partial charge in [-0.2, -0.15) is 0 Å². The fourth-order valence-electron chi connectivity index (χ4n) is 0.373. The van der Waals surface area contributed by atoms with Crippen molar-refractivity contribution in [1.82, 2.24) is 10.4 Å². The monoisotopic (exact) mass is 158 g/mol. The van der Waals surface area contributed by atoms with E-state index in [2.05, 4.69) is 5.43 Å². The van der Waals surface area contributed by atoms with Gasteiger partial charge in [0.15, 0.2) is 0 Å². The molecule has 0 unspecified atom stereocenters. The van der Waals surface area contributed by atoms with E-state index in [1.54, 1.807) is 13.8 Å². The average molecular weight is 158 g/mol. The van der Waals surface area contributed by atoms with Crippen LogP contribution in [0.5, 0.6) is 0 Å². The highest BCUT2D eigenvalue weighted by Crippen LogP contribution is 1.90. The number of hydrogen-bond donors (Lipinski definition) is 1. The van der Waals surface area contributed by atoms with Crippen molar-refractivity contribution >= 4 is 11.8 Å². The summed E-state index contributed by atoms with van der Waals surface area (Å²) >= 11 is 0. The van der Waals surface area contributed by atoms with Gasteiger partial charge in [-0.05, 0) is 0 Å². The van der Waals surface area contributed by atoms with E-state index in [0.29, 0.717) is 0 Å². The molecule has 0 aliphatic carbocycles. The molecule has 0 radical (unpaired) electrons. The van der Waals surface area contributed by atoms with Crippen molar-refractivity contribution in [3.8, 4) is 0 Å². The van der Waals surface area contributed by atoms with Crippen LogP contribution in [0.1, 0.15) is 20.8 Å². The maximum atomic E-state index is 11.0. The van der Waals surface area contributed by atoms with Crippen LogP contribution in [0.2, 0.25) is 0 Å². The summed E-state index contributed by atoms with van der Waals surface area (Å²) in [6.45, 7) is 4.92. The molecule has 0 atom stereocenters. The van der Waals surface area contributed by atoms with E-state index in [-0.39, 0.29) is 17.7 Å². The Labute approximate surface area is 66.5 Å². The van der Waals surface area contributed by atoms with E-state index in [1.807, 2.05) is 0 Å². The van der Waals surface area contributed by atoms with Gasteiger partial charge in [0.2, 0.25) is 11.8 Å². The first-order valence-corrected chi connectivity index (χ1v) is 3.50. The average Bonchev–Trinajstić information content (AvgIpc) is 1.87. The molecular formula is C7H14N2O2. The van der Waals surface area contributed by atoms with Crippen molar-refractivity contribution in [2.75, 3.05) is 7.05 Å². The van der Waals surface area contributed by atoms with Gasteiger partial charge in [-0.1, -0.05) is 13.8 Å². The lowest BCUT2D eigenvalue weighted by Gasteiger charge is -2.17. The molecule has 0 saturated carbocycles. The molecule has 0 aromatic carbocycles. The molecule has 0 bridgehead atoms. The molecule has 0 aromatic heterocycles. The first-order valence-electron chi connectivity index (χ1n) is 3.50. The molecule has 4 heteroatoms. The van der Waals surface area contributed by atoms with Crippen LogP contribution in [-0.2, 0) is 9.59 Å². The van der Waals surface area contributed by atoms with E-state index >= 15 is 0 Å². The van der Waals surface area contributed by atoms with E-state index in [1.165, 1.54) is 19.0 Å². The molecule has 0 aromatic rings. The number of nitrogens with one attached hydrogen (secondary N) is 1. The minimum absolute atomic E-state index is 0.100. The van der Waals surface area contributed by atoms with Crippen LogP contribution in [0.4, 0.5) is 0 Å². The zero-order valence-corrected chi connectivity index (χ0v) is 7.34. The summed E-state index contributed by atoms with van der Waals surface area (Å²) in [5.74, 6) is -0.432. The quantitative estimate of drug-likeness (QED) is 0.552. The molecule has 64 valence electrons. The van der Waals surface area contributed by atoms with Crippen molar-refractivity contribution in [3.05, 3.63) is 0 Å². The Bertz CT molecular complexity index is 166. The van der Waals surface area contributed by atoms with Gasteiger partial charge >= 0.3 is 0 Å². The Morgan fingerprint density at radius 1 is 1.36 bits per heavy atom. The van der Waals surface area contributed by atoms with E-state index in [9.17, 15) is 9.59 Å². The molecule has 11 heavy (non-hydrogen) atoms. The van der Waals surface area contributed by atoms with Gasteiger partial charge in [0.1, 0.15) is 0 Å². The molecule has 2 amide bonds. The summed E-state index contributed by atoms with van der Waals surface area (Å²) in [4.78, 5) is 21.6. The van der Waals surface area contributed by atoms with Crippen molar-refractivity contribution < 1.29 is 9.59 Å². The Kier molecular flexibility index (Phi) is 3.57. The minimum Gasteiger partial charge on any atom is -0.273 e. The van der Waals surface area contributed by atoms with Crippen molar-refractivity contribution in [3.63, 3.8) is 0 Å². The third-order valence-corrected chi connectivity index (χ3v) is 1.27. The summed E-state index contributed by atoms with van der Waals surface area (Å²) < 4.78 is 0. The lowest BCUT2D eigenvalue weighted by atomic mass is 10.2. The van der Waals surface area contributed by atoms with E-state index in [0.717, 1.165) is 0 Å². The maximum absolute atomic E-state index is 11.0. The lowest BCUT2D eigenvalue weighted by molar-refractivity contribution is -0.139. The summed E-state index contributed by atoms with van der Waals surface area (Å²) in [7, 11) is 1.52. The summed E-state index contributed by atoms with van der Waals surface area (Å²) in [6.07, 6.45) is 0. The molecule has 0 aliphatic rings. The topological polar surface area (TPSA) is 49.4 Å². The fraction of sp³-hybridized carbons (Fsp3) is 0.714. The molecule has 0 saturated heterocycles. The standard InChI is InChI=1S/C7H14N2O2/c1-5(2)7(11)8-9(4)6(3)10/h5H,1-4H3,(H,8,11). The van der Waals surface area contributed by atoms with Gasteiger partial charge in [-0.15, -0.1) is 0 Å². The molecule has 0 fully saturated rings. The molecule has 1 N–H and O–H groups in total. The van der Waals surface area contributed by atoms with Crippen molar-refractivity contribution in [2.45, 2.75) is 20.8 Å². The second-order valence-corrected chi connectivity index (χ2v) is 2.71. The normalized spacial score (nSPS) is 9.55. The van der Waals surface area contributed by atoms with Crippen LogP contribution in [0, 0.1) is 5.92 Å². The highest BCUT2D eigenvalue weighted by atomic mass is 16.2. The number of carbonyl (C=O) groups excluding carboxylic acids is 2. The fourth-order valence-corrected chi connectivity index (χ4v) is 0.373. The molecule has 0 heterocycles. The molecule has 0 aliphatic heterocycles. The largest absolute Gasteiger partial charge is 0.273 e. The third kappa shape index (κ3) is 3.60. The van der Waals surface area contributed by atoms with Crippen LogP contribution in [0.15, 0.2) is 0 Å². The van der Waals surface area contributed by atoms with Gasteiger partial charge in [-0.3, -0.25) is 20.0 Å². The number of carbonyl (C=O) groups is 2. The van der Waals surface area contributed by atoms with E-state index < -0.39 is 0 Å². The predicted octanol–water partition coefficient (Wildman–Crippen LogP) is 0.152. The predicted molar refractivity (Wildman–Crippen MR) is 41.4 cm³/mol. The van der Waals surface area contributed by atoms with Crippen molar-refractivity contribution in [2.24, 2.45) is 5.92 Å². The summed E-state index contributed by atoms with van der Waals surface area (Å²) in [6, 6.07) is 0. The molecule has 0 rings (SSSR count).